The van der Waals surface area contributed by atoms with Crippen LogP contribution in [-0.4, -0.2) is 37.1 Å². The van der Waals surface area contributed by atoms with E-state index in [2.05, 4.69) is 9.88 Å². The fourth-order valence-electron chi connectivity index (χ4n) is 2.36. The van der Waals surface area contributed by atoms with E-state index in [0.29, 0.717) is 5.56 Å². The minimum atomic E-state index is -0.0147. The summed E-state index contributed by atoms with van der Waals surface area (Å²) in [6.45, 7) is 3.16. The molecular formula is C18H18N2O2. The molecule has 1 aliphatic rings. The predicted molar refractivity (Wildman–Crippen MR) is 87.1 cm³/mol. The van der Waals surface area contributed by atoms with E-state index < -0.39 is 0 Å². The lowest BCUT2D eigenvalue weighted by Crippen LogP contribution is -2.36. The molecule has 2 aromatic rings. The van der Waals surface area contributed by atoms with Gasteiger partial charge in [0, 0.05) is 18.7 Å². The van der Waals surface area contributed by atoms with Crippen molar-refractivity contribution in [3.63, 3.8) is 0 Å². The van der Waals surface area contributed by atoms with Crippen LogP contribution in [0.15, 0.2) is 54.6 Å². The highest BCUT2D eigenvalue weighted by atomic mass is 16.5. The molecule has 1 aromatic carbocycles. The van der Waals surface area contributed by atoms with Crippen LogP contribution in [-0.2, 0) is 4.74 Å². The maximum atomic E-state index is 12.1. The van der Waals surface area contributed by atoms with Gasteiger partial charge < -0.3 is 9.64 Å². The Morgan fingerprint density at radius 3 is 2.59 bits per heavy atom. The summed E-state index contributed by atoms with van der Waals surface area (Å²) < 4.78 is 5.35. The zero-order chi connectivity index (χ0) is 15.2. The smallest absolute Gasteiger partial charge is 0.185 e. The SMILES string of the molecule is O=C(C=Cc1cccc(N2CCOCC2)n1)c1ccccc1. The normalized spacial score (nSPS) is 15.2. The number of carbonyl (C=O) groups is 1. The van der Waals surface area contributed by atoms with Crippen LogP contribution in [0.25, 0.3) is 6.08 Å². The van der Waals surface area contributed by atoms with E-state index in [0.717, 1.165) is 37.8 Å². The largest absolute Gasteiger partial charge is 0.378 e. The van der Waals surface area contributed by atoms with E-state index in [9.17, 15) is 4.79 Å². The van der Waals surface area contributed by atoms with Crippen LogP contribution in [0.5, 0.6) is 0 Å². The zero-order valence-corrected chi connectivity index (χ0v) is 12.3. The number of hydrogen-bond acceptors (Lipinski definition) is 4. The van der Waals surface area contributed by atoms with Gasteiger partial charge in [0.15, 0.2) is 5.78 Å². The van der Waals surface area contributed by atoms with Crippen molar-refractivity contribution in [1.29, 1.82) is 0 Å². The molecule has 4 heteroatoms. The van der Waals surface area contributed by atoms with Crippen LogP contribution in [0.1, 0.15) is 16.1 Å². The Balaban J connectivity index is 1.72. The van der Waals surface area contributed by atoms with Gasteiger partial charge in [-0.3, -0.25) is 4.79 Å². The molecule has 112 valence electrons. The van der Waals surface area contributed by atoms with Crippen LogP contribution in [0.4, 0.5) is 5.82 Å². The standard InChI is InChI=1S/C18H18N2O2/c21-17(15-5-2-1-3-6-15)10-9-16-7-4-8-18(19-16)20-11-13-22-14-12-20/h1-10H,11-14H2. The molecule has 0 radical (unpaired) electrons. The van der Waals surface area contributed by atoms with Crippen molar-refractivity contribution in [3.05, 3.63) is 65.9 Å². The van der Waals surface area contributed by atoms with Gasteiger partial charge in [-0.1, -0.05) is 36.4 Å². The summed E-state index contributed by atoms with van der Waals surface area (Å²) in [6.07, 6.45) is 3.33. The number of rotatable bonds is 4. The Morgan fingerprint density at radius 1 is 1.05 bits per heavy atom. The van der Waals surface area contributed by atoms with Crippen LogP contribution >= 0.6 is 0 Å². The third-order valence-corrected chi connectivity index (χ3v) is 3.55. The Morgan fingerprint density at radius 2 is 1.82 bits per heavy atom. The number of aromatic nitrogens is 1. The van der Waals surface area contributed by atoms with Crippen LogP contribution in [0.3, 0.4) is 0 Å². The lowest BCUT2D eigenvalue weighted by Gasteiger charge is -2.27. The Hall–Kier alpha value is -2.46. The molecular weight excluding hydrogens is 276 g/mol. The molecule has 22 heavy (non-hydrogen) atoms. The van der Waals surface area contributed by atoms with Gasteiger partial charge in [0.1, 0.15) is 5.82 Å². The van der Waals surface area contributed by atoms with E-state index in [4.69, 9.17) is 4.74 Å². The molecule has 0 bridgehead atoms. The van der Waals surface area contributed by atoms with Gasteiger partial charge in [-0.05, 0) is 24.3 Å². The molecule has 0 aliphatic carbocycles. The summed E-state index contributed by atoms with van der Waals surface area (Å²) in [5, 5.41) is 0. The predicted octanol–water partition coefficient (Wildman–Crippen LogP) is 2.81. The number of pyridine rings is 1. The average molecular weight is 294 g/mol. The van der Waals surface area contributed by atoms with E-state index >= 15 is 0 Å². The Kier molecular flexibility index (Phi) is 4.61. The Labute approximate surface area is 130 Å². The van der Waals surface area contributed by atoms with Crippen molar-refractivity contribution < 1.29 is 9.53 Å². The maximum Gasteiger partial charge on any atom is 0.185 e. The fourth-order valence-corrected chi connectivity index (χ4v) is 2.36. The summed E-state index contributed by atoms with van der Waals surface area (Å²) in [7, 11) is 0. The topological polar surface area (TPSA) is 42.4 Å². The Bertz CT molecular complexity index is 662. The second-order valence-electron chi connectivity index (χ2n) is 5.08. The quantitative estimate of drug-likeness (QED) is 0.642. The zero-order valence-electron chi connectivity index (χ0n) is 12.3. The second kappa shape index (κ2) is 7.00. The third-order valence-electron chi connectivity index (χ3n) is 3.55. The molecule has 0 unspecified atom stereocenters. The molecule has 0 saturated carbocycles. The van der Waals surface area contributed by atoms with Crippen LogP contribution in [0, 0.1) is 0 Å². The summed E-state index contributed by atoms with van der Waals surface area (Å²) in [5.41, 5.74) is 1.47. The number of allylic oxidation sites excluding steroid dienone is 1. The number of hydrogen-bond donors (Lipinski definition) is 0. The molecule has 4 nitrogen and oxygen atoms in total. The summed E-state index contributed by atoms with van der Waals surface area (Å²) in [6, 6.07) is 15.1. The molecule has 0 N–H and O–H groups in total. The van der Waals surface area contributed by atoms with Gasteiger partial charge in [-0.2, -0.15) is 0 Å². The first kappa shape index (κ1) is 14.5. The van der Waals surface area contributed by atoms with E-state index in [-0.39, 0.29) is 5.78 Å². The summed E-state index contributed by atoms with van der Waals surface area (Å²) >= 11 is 0. The molecule has 1 fully saturated rings. The van der Waals surface area contributed by atoms with Gasteiger partial charge in [0.05, 0.1) is 18.9 Å². The molecule has 0 atom stereocenters. The van der Waals surface area contributed by atoms with E-state index in [1.807, 2.05) is 48.5 Å². The second-order valence-corrected chi connectivity index (χ2v) is 5.08. The van der Waals surface area contributed by atoms with Crippen LogP contribution < -0.4 is 4.90 Å². The van der Waals surface area contributed by atoms with Gasteiger partial charge in [-0.15, -0.1) is 0 Å². The van der Waals surface area contributed by atoms with Gasteiger partial charge in [-0.25, -0.2) is 4.98 Å². The third kappa shape index (κ3) is 3.59. The number of nitrogens with zero attached hydrogens (tertiary/aromatic N) is 2. The number of ketones is 1. The first-order chi connectivity index (χ1) is 10.8. The average Bonchev–Trinajstić information content (AvgIpc) is 2.61. The molecule has 0 amide bonds. The molecule has 0 spiro atoms. The van der Waals surface area contributed by atoms with Gasteiger partial charge in [0.2, 0.25) is 0 Å². The van der Waals surface area contributed by atoms with E-state index in [1.165, 1.54) is 0 Å². The first-order valence-electron chi connectivity index (χ1n) is 7.40. The molecule has 1 saturated heterocycles. The number of carbonyl (C=O) groups excluding carboxylic acids is 1. The number of morpholine rings is 1. The summed E-state index contributed by atoms with van der Waals surface area (Å²) in [5.74, 6) is 0.914. The first-order valence-corrected chi connectivity index (χ1v) is 7.40. The van der Waals surface area contributed by atoms with Crippen LogP contribution in [0.2, 0.25) is 0 Å². The molecule has 2 heterocycles. The molecule has 1 aromatic heterocycles. The number of anilines is 1. The lowest BCUT2D eigenvalue weighted by atomic mass is 10.1. The molecule has 1 aliphatic heterocycles. The van der Waals surface area contributed by atoms with Gasteiger partial charge in [0.25, 0.3) is 0 Å². The van der Waals surface area contributed by atoms with Crippen molar-refractivity contribution in [2.45, 2.75) is 0 Å². The van der Waals surface area contributed by atoms with Crippen molar-refractivity contribution >= 4 is 17.7 Å². The molecule has 3 rings (SSSR count). The van der Waals surface area contributed by atoms with Crippen molar-refractivity contribution in [2.75, 3.05) is 31.2 Å². The number of ether oxygens (including phenoxy) is 1. The highest BCUT2D eigenvalue weighted by Gasteiger charge is 2.12. The minimum Gasteiger partial charge on any atom is -0.378 e. The maximum absolute atomic E-state index is 12.1. The van der Waals surface area contributed by atoms with Gasteiger partial charge >= 0.3 is 0 Å². The highest BCUT2D eigenvalue weighted by molar-refractivity contribution is 6.06. The van der Waals surface area contributed by atoms with Crippen molar-refractivity contribution in [3.8, 4) is 0 Å². The fraction of sp³-hybridized carbons (Fsp3) is 0.222. The summed E-state index contributed by atoms with van der Waals surface area (Å²) in [4.78, 5) is 18.9. The monoisotopic (exact) mass is 294 g/mol. The van der Waals surface area contributed by atoms with Crippen molar-refractivity contribution in [2.24, 2.45) is 0 Å². The number of benzene rings is 1. The highest BCUT2D eigenvalue weighted by Crippen LogP contribution is 2.14. The lowest BCUT2D eigenvalue weighted by molar-refractivity contribution is 0.104. The van der Waals surface area contributed by atoms with E-state index in [1.54, 1.807) is 12.2 Å². The minimum absolute atomic E-state index is 0.0147. The van der Waals surface area contributed by atoms with Crippen molar-refractivity contribution in [1.82, 2.24) is 4.98 Å².